The van der Waals surface area contributed by atoms with E-state index >= 15 is 0 Å². The standard InChI is InChI=1S/C11H10ClNO2S/c1-11(2)9(14)7(10(15)16-11)8-6(12)4-3-5-13-8/h3-5,7H,1-2H3. The minimum absolute atomic E-state index is 0.122. The summed E-state index contributed by atoms with van der Waals surface area (Å²) in [5.41, 5.74) is 0.372. The number of pyridine rings is 1. The second-order valence-corrected chi connectivity index (χ2v) is 6.13. The highest BCUT2D eigenvalue weighted by molar-refractivity contribution is 8.16. The maximum Gasteiger partial charge on any atom is 0.206 e. The Morgan fingerprint density at radius 1 is 1.44 bits per heavy atom. The van der Waals surface area contributed by atoms with Crippen LogP contribution in [0.25, 0.3) is 0 Å². The molecule has 1 fully saturated rings. The van der Waals surface area contributed by atoms with E-state index in [9.17, 15) is 9.59 Å². The van der Waals surface area contributed by atoms with Crippen LogP contribution in [0.4, 0.5) is 0 Å². The summed E-state index contributed by atoms with van der Waals surface area (Å²) in [5, 5.41) is 0.197. The van der Waals surface area contributed by atoms with Crippen LogP contribution in [0.15, 0.2) is 18.3 Å². The highest BCUT2D eigenvalue weighted by Crippen LogP contribution is 2.44. The molecular formula is C11H10ClNO2S. The molecular weight excluding hydrogens is 246 g/mol. The van der Waals surface area contributed by atoms with Gasteiger partial charge >= 0.3 is 0 Å². The number of rotatable bonds is 1. The first-order chi connectivity index (χ1) is 7.43. The molecule has 0 aromatic carbocycles. The molecule has 1 saturated heterocycles. The van der Waals surface area contributed by atoms with E-state index < -0.39 is 10.7 Å². The molecule has 0 amide bonds. The summed E-state index contributed by atoms with van der Waals surface area (Å²) in [6, 6.07) is 3.31. The van der Waals surface area contributed by atoms with Gasteiger partial charge in [0, 0.05) is 6.20 Å². The van der Waals surface area contributed by atoms with Gasteiger partial charge in [0.1, 0.15) is 5.92 Å². The zero-order valence-corrected chi connectivity index (χ0v) is 10.4. The Labute approximate surface area is 103 Å². The number of aromatic nitrogens is 1. The van der Waals surface area contributed by atoms with Gasteiger partial charge in [0.05, 0.1) is 15.5 Å². The van der Waals surface area contributed by atoms with Crippen LogP contribution in [0, 0.1) is 0 Å². The number of thioether (sulfide) groups is 1. The van der Waals surface area contributed by atoms with Gasteiger partial charge in [-0.1, -0.05) is 23.4 Å². The fourth-order valence-electron chi connectivity index (χ4n) is 1.66. The Balaban J connectivity index is 2.47. The van der Waals surface area contributed by atoms with Crippen molar-refractivity contribution >= 4 is 34.3 Å². The van der Waals surface area contributed by atoms with Crippen LogP contribution >= 0.6 is 23.4 Å². The lowest BCUT2D eigenvalue weighted by Gasteiger charge is -2.13. The van der Waals surface area contributed by atoms with Gasteiger partial charge in [-0.25, -0.2) is 0 Å². The van der Waals surface area contributed by atoms with Crippen molar-refractivity contribution in [3.05, 3.63) is 29.0 Å². The van der Waals surface area contributed by atoms with Crippen LogP contribution in [-0.4, -0.2) is 20.6 Å². The van der Waals surface area contributed by atoms with Gasteiger partial charge in [-0.3, -0.25) is 14.6 Å². The highest BCUT2D eigenvalue weighted by Gasteiger charge is 2.49. The van der Waals surface area contributed by atoms with Crippen molar-refractivity contribution in [3.63, 3.8) is 0 Å². The monoisotopic (exact) mass is 255 g/mol. The molecule has 84 valence electrons. The normalized spacial score (nSPS) is 23.8. The summed E-state index contributed by atoms with van der Waals surface area (Å²) in [6.45, 7) is 3.49. The first-order valence-electron chi connectivity index (χ1n) is 4.81. The van der Waals surface area contributed by atoms with E-state index in [1.54, 1.807) is 26.0 Å². The van der Waals surface area contributed by atoms with Crippen LogP contribution in [-0.2, 0) is 9.59 Å². The van der Waals surface area contributed by atoms with E-state index in [1.807, 2.05) is 0 Å². The zero-order chi connectivity index (χ0) is 11.9. The Morgan fingerprint density at radius 2 is 2.12 bits per heavy atom. The van der Waals surface area contributed by atoms with Crippen LogP contribution in [0.2, 0.25) is 5.02 Å². The van der Waals surface area contributed by atoms with Gasteiger partial charge in [0.15, 0.2) is 5.78 Å². The third kappa shape index (κ3) is 1.76. The molecule has 0 bridgehead atoms. The average molecular weight is 256 g/mol. The Bertz CT molecular complexity index is 473. The lowest BCUT2D eigenvalue weighted by Crippen LogP contribution is -2.26. The largest absolute Gasteiger partial charge is 0.297 e. The first kappa shape index (κ1) is 11.6. The predicted molar refractivity (Wildman–Crippen MR) is 63.7 cm³/mol. The molecule has 16 heavy (non-hydrogen) atoms. The second-order valence-electron chi connectivity index (χ2n) is 4.10. The Hall–Kier alpha value is -0.870. The molecule has 3 nitrogen and oxygen atoms in total. The van der Waals surface area contributed by atoms with Crippen LogP contribution in [0.1, 0.15) is 25.5 Å². The van der Waals surface area contributed by atoms with Crippen LogP contribution in [0.5, 0.6) is 0 Å². The number of carbonyl (C=O) groups excluding carboxylic acids is 2. The molecule has 2 rings (SSSR count). The van der Waals surface area contributed by atoms with Crippen LogP contribution < -0.4 is 0 Å². The number of carbonyl (C=O) groups is 2. The molecule has 1 aromatic heterocycles. The van der Waals surface area contributed by atoms with Crippen molar-refractivity contribution in [3.8, 4) is 0 Å². The van der Waals surface area contributed by atoms with Gasteiger partial charge in [0.2, 0.25) is 5.12 Å². The molecule has 1 aliphatic rings. The van der Waals surface area contributed by atoms with Gasteiger partial charge < -0.3 is 0 Å². The van der Waals surface area contributed by atoms with Gasteiger partial charge in [-0.2, -0.15) is 0 Å². The van der Waals surface area contributed by atoms with Crippen molar-refractivity contribution in [2.24, 2.45) is 0 Å². The second kappa shape index (κ2) is 3.86. The van der Waals surface area contributed by atoms with E-state index in [4.69, 9.17) is 11.6 Å². The molecule has 1 aromatic rings. The third-order valence-electron chi connectivity index (χ3n) is 2.51. The molecule has 1 atom stereocenters. The van der Waals surface area contributed by atoms with E-state index in [0.717, 1.165) is 11.8 Å². The van der Waals surface area contributed by atoms with E-state index in [2.05, 4.69) is 4.98 Å². The van der Waals surface area contributed by atoms with Crippen LogP contribution in [0.3, 0.4) is 0 Å². The van der Waals surface area contributed by atoms with Crippen molar-refractivity contribution in [1.29, 1.82) is 0 Å². The molecule has 5 heteroatoms. The number of Topliss-reactive ketones (excluding diaryl/α,β-unsaturated/α-hetero) is 1. The molecule has 0 saturated carbocycles. The van der Waals surface area contributed by atoms with Crippen molar-refractivity contribution in [2.75, 3.05) is 0 Å². The average Bonchev–Trinajstić information content (AvgIpc) is 2.39. The number of nitrogens with zero attached hydrogens (tertiary/aromatic N) is 1. The number of hydrogen-bond acceptors (Lipinski definition) is 4. The van der Waals surface area contributed by atoms with Gasteiger partial charge in [-0.05, 0) is 26.0 Å². The van der Waals surface area contributed by atoms with Crippen molar-refractivity contribution in [2.45, 2.75) is 24.5 Å². The molecule has 0 N–H and O–H groups in total. The van der Waals surface area contributed by atoms with E-state index in [1.165, 1.54) is 6.20 Å². The summed E-state index contributed by atoms with van der Waals surface area (Å²) >= 11 is 7.01. The summed E-state index contributed by atoms with van der Waals surface area (Å²) < 4.78 is -0.678. The molecule has 0 spiro atoms. The minimum Gasteiger partial charge on any atom is -0.297 e. The summed E-state index contributed by atoms with van der Waals surface area (Å²) in [7, 11) is 0. The lowest BCUT2D eigenvalue weighted by atomic mass is 9.93. The van der Waals surface area contributed by atoms with E-state index in [0.29, 0.717) is 10.7 Å². The smallest absolute Gasteiger partial charge is 0.206 e. The summed E-state index contributed by atoms with van der Waals surface area (Å²) in [5.74, 6) is -0.934. The fraction of sp³-hybridized carbons (Fsp3) is 0.364. The highest BCUT2D eigenvalue weighted by atomic mass is 35.5. The fourth-order valence-corrected chi connectivity index (χ4v) is 2.95. The Kier molecular flexibility index (Phi) is 2.80. The molecule has 1 aliphatic heterocycles. The molecule has 2 heterocycles. The number of ketones is 1. The third-order valence-corrected chi connectivity index (χ3v) is 3.98. The molecule has 1 unspecified atom stereocenters. The minimum atomic E-state index is -0.811. The number of hydrogen-bond donors (Lipinski definition) is 0. The zero-order valence-electron chi connectivity index (χ0n) is 8.86. The SMILES string of the molecule is CC1(C)SC(=O)C(c2ncccc2Cl)C1=O. The molecule has 0 radical (unpaired) electrons. The maximum atomic E-state index is 12.0. The van der Waals surface area contributed by atoms with Gasteiger partial charge in [0.25, 0.3) is 0 Å². The predicted octanol–water partition coefficient (Wildman–Crippen LogP) is 2.44. The van der Waals surface area contributed by atoms with Crippen molar-refractivity contribution in [1.82, 2.24) is 4.98 Å². The maximum absolute atomic E-state index is 12.0. The Morgan fingerprint density at radius 3 is 2.62 bits per heavy atom. The van der Waals surface area contributed by atoms with Gasteiger partial charge in [-0.15, -0.1) is 0 Å². The molecule has 0 aliphatic carbocycles. The summed E-state index contributed by atoms with van der Waals surface area (Å²) in [6.07, 6.45) is 1.54. The number of halogens is 1. The lowest BCUT2D eigenvalue weighted by molar-refractivity contribution is -0.124. The first-order valence-corrected chi connectivity index (χ1v) is 6.00. The quantitative estimate of drug-likeness (QED) is 0.723. The topological polar surface area (TPSA) is 47.0 Å². The summed E-state index contributed by atoms with van der Waals surface area (Å²) in [4.78, 5) is 27.9. The van der Waals surface area contributed by atoms with Crippen molar-refractivity contribution < 1.29 is 9.59 Å². The van der Waals surface area contributed by atoms with E-state index in [-0.39, 0.29) is 10.9 Å².